The molecule has 0 amide bonds. The SMILES string of the molecule is CCCc1c(O)ccc2c(=O)c(OS(C)(=O)=O)c(-c3cnccn3)oc12. The van der Waals surface area contributed by atoms with Crippen LogP contribution in [0, 0.1) is 0 Å². The van der Waals surface area contributed by atoms with Crippen LogP contribution < -0.4 is 9.61 Å². The molecule has 0 aliphatic carbocycles. The fraction of sp³-hybridized carbons (Fsp3) is 0.235. The predicted octanol–water partition coefficient (Wildman–Crippen LogP) is 2.25. The zero-order chi connectivity index (χ0) is 18.9. The molecule has 9 heteroatoms. The highest BCUT2D eigenvalue weighted by molar-refractivity contribution is 7.86. The van der Waals surface area contributed by atoms with Crippen LogP contribution in [0.3, 0.4) is 0 Å². The minimum atomic E-state index is -3.98. The Kier molecular flexibility index (Phi) is 4.64. The Morgan fingerprint density at radius 1 is 1.27 bits per heavy atom. The Hall–Kier alpha value is -2.94. The second kappa shape index (κ2) is 6.75. The van der Waals surface area contributed by atoms with Crippen molar-refractivity contribution < 1.29 is 22.1 Å². The molecule has 0 radical (unpaired) electrons. The largest absolute Gasteiger partial charge is 0.508 e. The summed E-state index contributed by atoms with van der Waals surface area (Å²) in [6.45, 7) is 1.92. The quantitative estimate of drug-likeness (QED) is 0.673. The first-order valence-electron chi connectivity index (χ1n) is 7.79. The van der Waals surface area contributed by atoms with Crippen LogP contribution in [-0.2, 0) is 16.5 Å². The molecular formula is C17H16N2O6S. The average molecular weight is 376 g/mol. The third-order valence-electron chi connectivity index (χ3n) is 3.63. The molecule has 0 unspecified atom stereocenters. The Morgan fingerprint density at radius 3 is 2.65 bits per heavy atom. The molecule has 3 aromatic rings. The summed E-state index contributed by atoms with van der Waals surface area (Å²) in [6, 6.07) is 2.74. The van der Waals surface area contributed by atoms with E-state index in [0.717, 1.165) is 6.26 Å². The summed E-state index contributed by atoms with van der Waals surface area (Å²) in [4.78, 5) is 20.8. The van der Waals surface area contributed by atoms with Crippen LogP contribution in [0.15, 0.2) is 39.9 Å². The van der Waals surface area contributed by atoms with Crippen molar-refractivity contribution in [3.63, 3.8) is 0 Å². The number of aromatic hydroxyl groups is 1. The molecule has 0 atom stereocenters. The lowest BCUT2D eigenvalue weighted by atomic mass is 10.0. The van der Waals surface area contributed by atoms with E-state index in [1.54, 1.807) is 0 Å². The predicted molar refractivity (Wildman–Crippen MR) is 94.6 cm³/mol. The van der Waals surface area contributed by atoms with Crippen LogP contribution in [0.4, 0.5) is 0 Å². The number of phenols is 1. The van der Waals surface area contributed by atoms with E-state index < -0.39 is 21.3 Å². The van der Waals surface area contributed by atoms with Gasteiger partial charge in [0, 0.05) is 18.0 Å². The maximum atomic E-state index is 12.9. The van der Waals surface area contributed by atoms with E-state index in [1.807, 2.05) is 6.92 Å². The topological polar surface area (TPSA) is 120 Å². The molecule has 0 saturated heterocycles. The first kappa shape index (κ1) is 17.9. The molecule has 0 aliphatic rings. The van der Waals surface area contributed by atoms with E-state index in [2.05, 4.69) is 9.97 Å². The Labute approximate surface area is 149 Å². The zero-order valence-electron chi connectivity index (χ0n) is 14.1. The maximum absolute atomic E-state index is 12.9. The second-order valence-corrected chi connectivity index (χ2v) is 7.23. The van der Waals surface area contributed by atoms with E-state index in [9.17, 15) is 18.3 Å². The summed E-state index contributed by atoms with van der Waals surface area (Å²) in [5, 5.41) is 10.2. The number of hydrogen-bond donors (Lipinski definition) is 1. The minimum Gasteiger partial charge on any atom is -0.508 e. The summed E-state index contributed by atoms with van der Waals surface area (Å²) in [5.74, 6) is -0.665. The van der Waals surface area contributed by atoms with E-state index in [0.29, 0.717) is 18.4 Å². The van der Waals surface area contributed by atoms with Gasteiger partial charge >= 0.3 is 10.1 Å². The second-order valence-electron chi connectivity index (χ2n) is 5.66. The standard InChI is InChI=1S/C17H16N2O6S/c1-3-4-10-13(20)6-5-11-14(21)17(25-26(2,22)23)16(24-15(10)11)12-9-18-7-8-19-12/h5-9,20H,3-4H2,1-2H3. The molecule has 2 aromatic heterocycles. The van der Waals surface area contributed by atoms with Gasteiger partial charge < -0.3 is 13.7 Å². The molecular weight excluding hydrogens is 360 g/mol. The molecule has 8 nitrogen and oxygen atoms in total. The van der Waals surface area contributed by atoms with Gasteiger partial charge in [-0.15, -0.1) is 0 Å². The average Bonchev–Trinajstić information content (AvgIpc) is 2.59. The van der Waals surface area contributed by atoms with Gasteiger partial charge in [0.1, 0.15) is 17.0 Å². The van der Waals surface area contributed by atoms with E-state index in [4.69, 9.17) is 8.60 Å². The van der Waals surface area contributed by atoms with Crippen molar-refractivity contribution in [3.8, 4) is 23.0 Å². The molecule has 0 spiro atoms. The third-order valence-corrected chi connectivity index (χ3v) is 4.10. The molecule has 1 aromatic carbocycles. The molecule has 0 saturated carbocycles. The molecule has 0 fully saturated rings. The number of aryl methyl sites for hydroxylation is 1. The van der Waals surface area contributed by atoms with E-state index >= 15 is 0 Å². The summed E-state index contributed by atoms with van der Waals surface area (Å²) in [7, 11) is -3.98. The van der Waals surface area contributed by atoms with Gasteiger partial charge in [0.25, 0.3) is 0 Å². The van der Waals surface area contributed by atoms with Crippen molar-refractivity contribution in [1.29, 1.82) is 0 Å². The smallest absolute Gasteiger partial charge is 0.306 e. The molecule has 2 heterocycles. The van der Waals surface area contributed by atoms with Crippen LogP contribution in [-0.4, -0.2) is 29.7 Å². The summed E-state index contributed by atoms with van der Waals surface area (Å²) < 4.78 is 33.9. The number of rotatable bonds is 5. The van der Waals surface area contributed by atoms with Crippen molar-refractivity contribution in [3.05, 3.63) is 46.5 Å². The lowest BCUT2D eigenvalue weighted by Crippen LogP contribution is -2.15. The lowest BCUT2D eigenvalue weighted by molar-refractivity contribution is 0.461. The van der Waals surface area contributed by atoms with E-state index in [1.165, 1.54) is 30.7 Å². The highest BCUT2D eigenvalue weighted by Gasteiger charge is 2.24. The van der Waals surface area contributed by atoms with Crippen LogP contribution in [0.2, 0.25) is 0 Å². The third kappa shape index (κ3) is 3.38. The van der Waals surface area contributed by atoms with Crippen molar-refractivity contribution >= 4 is 21.1 Å². The number of nitrogens with zero attached hydrogens (tertiary/aromatic N) is 2. The van der Waals surface area contributed by atoms with Gasteiger partial charge in [-0.3, -0.25) is 9.78 Å². The van der Waals surface area contributed by atoms with Crippen LogP contribution in [0.1, 0.15) is 18.9 Å². The first-order chi connectivity index (χ1) is 12.3. The van der Waals surface area contributed by atoms with Gasteiger partial charge in [-0.1, -0.05) is 13.3 Å². The normalized spacial score (nSPS) is 11.6. The summed E-state index contributed by atoms with van der Waals surface area (Å²) >= 11 is 0. The number of hydrogen-bond acceptors (Lipinski definition) is 8. The Morgan fingerprint density at radius 2 is 2.04 bits per heavy atom. The fourth-order valence-corrected chi connectivity index (χ4v) is 3.04. The van der Waals surface area contributed by atoms with Gasteiger partial charge in [0.15, 0.2) is 0 Å². The van der Waals surface area contributed by atoms with Gasteiger partial charge in [-0.25, -0.2) is 4.98 Å². The lowest BCUT2D eigenvalue weighted by Gasteiger charge is -2.12. The molecule has 1 N–H and O–H groups in total. The number of benzene rings is 1. The molecule has 136 valence electrons. The first-order valence-corrected chi connectivity index (χ1v) is 9.61. The minimum absolute atomic E-state index is 0.00984. The summed E-state index contributed by atoms with van der Waals surface area (Å²) in [5.41, 5.74) is 0.0853. The highest BCUT2D eigenvalue weighted by Crippen LogP contribution is 2.34. The van der Waals surface area contributed by atoms with Crippen molar-refractivity contribution in [2.24, 2.45) is 0 Å². The zero-order valence-corrected chi connectivity index (χ0v) is 14.9. The number of phenolic OH excluding ortho intramolecular Hbond substituents is 1. The van der Waals surface area contributed by atoms with Gasteiger partial charge in [0.05, 0.1) is 17.8 Å². The monoisotopic (exact) mass is 376 g/mol. The number of aromatic nitrogens is 2. The maximum Gasteiger partial charge on any atom is 0.306 e. The molecule has 0 aliphatic heterocycles. The van der Waals surface area contributed by atoms with Crippen molar-refractivity contribution in [2.45, 2.75) is 19.8 Å². The van der Waals surface area contributed by atoms with Crippen LogP contribution >= 0.6 is 0 Å². The van der Waals surface area contributed by atoms with Crippen molar-refractivity contribution in [1.82, 2.24) is 9.97 Å². The molecule has 26 heavy (non-hydrogen) atoms. The highest BCUT2D eigenvalue weighted by atomic mass is 32.2. The molecule has 3 rings (SSSR count). The van der Waals surface area contributed by atoms with Gasteiger partial charge in [0.2, 0.25) is 16.9 Å². The fourth-order valence-electron chi connectivity index (χ4n) is 2.59. The van der Waals surface area contributed by atoms with Crippen molar-refractivity contribution in [2.75, 3.05) is 6.26 Å². The Bertz CT molecular complexity index is 1120. The van der Waals surface area contributed by atoms with E-state index in [-0.39, 0.29) is 28.2 Å². The van der Waals surface area contributed by atoms with Crippen LogP contribution in [0.25, 0.3) is 22.4 Å². The van der Waals surface area contributed by atoms with Crippen LogP contribution in [0.5, 0.6) is 11.5 Å². The number of fused-ring (bicyclic) bond motifs is 1. The summed E-state index contributed by atoms with van der Waals surface area (Å²) in [6.07, 6.45) is 6.13. The molecule has 0 bridgehead atoms. The van der Waals surface area contributed by atoms with Gasteiger partial charge in [-0.2, -0.15) is 8.42 Å². The van der Waals surface area contributed by atoms with Gasteiger partial charge in [-0.05, 0) is 18.6 Å². The Balaban J connectivity index is 2.43.